The zero-order chi connectivity index (χ0) is 23.0. The number of carbonyl (C=O) groups is 1. The summed E-state index contributed by atoms with van der Waals surface area (Å²) in [6, 6.07) is 26.1. The molecule has 0 unspecified atom stereocenters. The number of hydrogen-bond acceptors (Lipinski definition) is 5. The molecule has 0 saturated heterocycles. The number of aromatic nitrogens is 1. The van der Waals surface area contributed by atoms with Crippen LogP contribution in [-0.4, -0.2) is 18.0 Å². The van der Waals surface area contributed by atoms with Crippen LogP contribution in [0.2, 0.25) is 0 Å². The van der Waals surface area contributed by atoms with Gasteiger partial charge >= 0.3 is 0 Å². The van der Waals surface area contributed by atoms with E-state index in [-0.39, 0.29) is 5.57 Å². The molecule has 0 aliphatic carbocycles. The van der Waals surface area contributed by atoms with E-state index in [0.29, 0.717) is 29.4 Å². The molecular formula is C27H21N3O3. The SMILES string of the molecule is COc1ccc(/C=C(/C#N)C(=O)Nc2cccc3ncccc23)cc1OCc1ccccc1. The Balaban J connectivity index is 1.57. The summed E-state index contributed by atoms with van der Waals surface area (Å²) in [4.78, 5) is 17.1. The van der Waals surface area contributed by atoms with E-state index in [1.165, 1.54) is 6.08 Å². The minimum Gasteiger partial charge on any atom is -0.493 e. The Morgan fingerprint density at radius 2 is 1.88 bits per heavy atom. The second-order valence-corrected chi connectivity index (χ2v) is 7.18. The summed E-state index contributed by atoms with van der Waals surface area (Å²) >= 11 is 0. The quantitative estimate of drug-likeness (QED) is 0.312. The molecule has 6 heteroatoms. The Labute approximate surface area is 191 Å². The van der Waals surface area contributed by atoms with Gasteiger partial charge in [-0.1, -0.05) is 42.5 Å². The molecule has 4 rings (SSSR count). The largest absolute Gasteiger partial charge is 0.493 e. The maximum Gasteiger partial charge on any atom is 0.266 e. The highest BCUT2D eigenvalue weighted by molar-refractivity contribution is 6.12. The van der Waals surface area contributed by atoms with Gasteiger partial charge in [-0.25, -0.2) is 0 Å². The van der Waals surface area contributed by atoms with Gasteiger partial charge in [-0.05, 0) is 53.6 Å². The third-order valence-corrected chi connectivity index (χ3v) is 4.99. The number of carbonyl (C=O) groups excluding carboxylic acids is 1. The van der Waals surface area contributed by atoms with E-state index in [2.05, 4.69) is 10.3 Å². The summed E-state index contributed by atoms with van der Waals surface area (Å²) in [7, 11) is 1.56. The first-order valence-electron chi connectivity index (χ1n) is 10.3. The first-order valence-corrected chi connectivity index (χ1v) is 10.3. The number of anilines is 1. The summed E-state index contributed by atoms with van der Waals surface area (Å²) in [6.07, 6.45) is 3.21. The lowest BCUT2D eigenvalue weighted by Gasteiger charge is -2.12. The van der Waals surface area contributed by atoms with Crippen LogP contribution in [0.25, 0.3) is 17.0 Å². The molecule has 0 aliphatic rings. The van der Waals surface area contributed by atoms with Crippen LogP contribution < -0.4 is 14.8 Å². The molecule has 0 atom stereocenters. The van der Waals surface area contributed by atoms with Crippen molar-refractivity contribution in [3.63, 3.8) is 0 Å². The van der Waals surface area contributed by atoms with Crippen molar-refractivity contribution in [3.8, 4) is 17.6 Å². The maximum atomic E-state index is 12.8. The van der Waals surface area contributed by atoms with Crippen LogP contribution >= 0.6 is 0 Å². The highest BCUT2D eigenvalue weighted by Gasteiger charge is 2.13. The van der Waals surface area contributed by atoms with E-state index in [0.717, 1.165) is 16.5 Å². The van der Waals surface area contributed by atoms with Crippen molar-refractivity contribution in [2.24, 2.45) is 0 Å². The summed E-state index contributed by atoms with van der Waals surface area (Å²) < 4.78 is 11.3. The van der Waals surface area contributed by atoms with E-state index in [4.69, 9.17) is 9.47 Å². The van der Waals surface area contributed by atoms with Crippen molar-refractivity contribution in [1.29, 1.82) is 5.26 Å². The smallest absolute Gasteiger partial charge is 0.266 e. The lowest BCUT2D eigenvalue weighted by Crippen LogP contribution is -2.13. The van der Waals surface area contributed by atoms with Crippen LogP contribution in [0.15, 0.2) is 90.6 Å². The first kappa shape index (κ1) is 21.6. The molecule has 1 N–H and O–H groups in total. The third kappa shape index (κ3) is 5.17. The topological polar surface area (TPSA) is 84.2 Å². The fourth-order valence-corrected chi connectivity index (χ4v) is 3.35. The fraction of sp³-hybridized carbons (Fsp3) is 0.0741. The van der Waals surface area contributed by atoms with E-state index in [1.807, 2.05) is 48.5 Å². The van der Waals surface area contributed by atoms with Gasteiger partial charge < -0.3 is 14.8 Å². The summed E-state index contributed by atoms with van der Waals surface area (Å²) in [5.74, 6) is 0.582. The maximum absolute atomic E-state index is 12.8. The number of amides is 1. The predicted molar refractivity (Wildman–Crippen MR) is 128 cm³/mol. The van der Waals surface area contributed by atoms with Gasteiger partial charge in [-0.15, -0.1) is 0 Å². The summed E-state index contributed by atoms with van der Waals surface area (Å²) in [5, 5.41) is 13.2. The highest BCUT2D eigenvalue weighted by Crippen LogP contribution is 2.30. The minimum absolute atomic E-state index is 0.0323. The third-order valence-electron chi connectivity index (χ3n) is 4.99. The van der Waals surface area contributed by atoms with E-state index in [1.54, 1.807) is 49.7 Å². The Morgan fingerprint density at radius 1 is 1.03 bits per heavy atom. The van der Waals surface area contributed by atoms with Crippen LogP contribution in [0.4, 0.5) is 5.69 Å². The predicted octanol–water partition coefficient (Wildman–Crippen LogP) is 5.37. The Kier molecular flexibility index (Phi) is 6.62. The molecule has 4 aromatic rings. The molecule has 33 heavy (non-hydrogen) atoms. The van der Waals surface area contributed by atoms with Crippen molar-refractivity contribution in [1.82, 2.24) is 4.98 Å². The number of rotatable bonds is 7. The number of fused-ring (bicyclic) bond motifs is 1. The van der Waals surface area contributed by atoms with Gasteiger partial charge in [0.2, 0.25) is 0 Å². The Morgan fingerprint density at radius 3 is 2.67 bits per heavy atom. The molecule has 1 amide bonds. The van der Waals surface area contributed by atoms with Gasteiger partial charge in [0, 0.05) is 11.6 Å². The van der Waals surface area contributed by atoms with Gasteiger partial charge in [0.15, 0.2) is 11.5 Å². The molecule has 0 saturated carbocycles. The molecule has 0 radical (unpaired) electrons. The molecule has 0 aliphatic heterocycles. The van der Waals surface area contributed by atoms with Crippen LogP contribution in [-0.2, 0) is 11.4 Å². The fourth-order valence-electron chi connectivity index (χ4n) is 3.35. The molecule has 162 valence electrons. The standard InChI is InChI=1S/C27H21N3O3/c1-32-25-13-12-20(16-26(25)33-18-19-7-3-2-4-8-19)15-21(17-28)27(31)30-24-11-5-10-23-22(24)9-6-14-29-23/h2-16H,18H2,1H3,(H,30,31)/b21-15-. The zero-order valence-electron chi connectivity index (χ0n) is 18.0. The van der Waals surface area contributed by atoms with Crippen molar-refractivity contribution in [3.05, 3.63) is 102 Å². The average molecular weight is 435 g/mol. The lowest BCUT2D eigenvalue weighted by molar-refractivity contribution is -0.112. The summed E-state index contributed by atoms with van der Waals surface area (Å²) in [6.45, 7) is 0.366. The van der Waals surface area contributed by atoms with E-state index < -0.39 is 5.91 Å². The normalized spacial score (nSPS) is 11.0. The molecule has 6 nitrogen and oxygen atoms in total. The van der Waals surface area contributed by atoms with Crippen molar-refractivity contribution in [2.45, 2.75) is 6.61 Å². The van der Waals surface area contributed by atoms with E-state index >= 15 is 0 Å². The minimum atomic E-state index is -0.503. The van der Waals surface area contributed by atoms with Gasteiger partial charge in [0.1, 0.15) is 18.2 Å². The summed E-state index contributed by atoms with van der Waals surface area (Å²) in [5.41, 5.74) is 2.98. The number of methoxy groups -OCH3 is 1. The number of ether oxygens (including phenoxy) is 2. The zero-order valence-corrected chi connectivity index (χ0v) is 18.0. The Hall–Kier alpha value is -4.63. The van der Waals surface area contributed by atoms with Crippen molar-refractivity contribution in [2.75, 3.05) is 12.4 Å². The number of nitriles is 1. The van der Waals surface area contributed by atoms with Crippen molar-refractivity contribution >= 4 is 28.6 Å². The molecule has 1 heterocycles. The number of nitrogens with one attached hydrogen (secondary N) is 1. The molecule has 0 spiro atoms. The molecule has 0 fully saturated rings. The number of benzene rings is 3. The van der Waals surface area contributed by atoms with E-state index in [9.17, 15) is 10.1 Å². The molecule has 0 bridgehead atoms. The average Bonchev–Trinajstić information content (AvgIpc) is 2.87. The van der Waals surface area contributed by atoms with Crippen LogP contribution in [0.1, 0.15) is 11.1 Å². The molecule has 3 aromatic carbocycles. The Bertz CT molecular complexity index is 1350. The van der Waals surface area contributed by atoms with Crippen molar-refractivity contribution < 1.29 is 14.3 Å². The van der Waals surface area contributed by atoms with Crippen LogP contribution in [0.3, 0.4) is 0 Å². The number of pyridine rings is 1. The van der Waals surface area contributed by atoms with Crippen LogP contribution in [0.5, 0.6) is 11.5 Å². The van der Waals surface area contributed by atoms with Gasteiger partial charge in [0.25, 0.3) is 5.91 Å². The highest BCUT2D eigenvalue weighted by atomic mass is 16.5. The lowest BCUT2D eigenvalue weighted by atomic mass is 10.1. The first-order chi connectivity index (χ1) is 16.2. The van der Waals surface area contributed by atoms with Gasteiger partial charge in [-0.2, -0.15) is 5.26 Å². The van der Waals surface area contributed by atoms with Gasteiger partial charge in [0.05, 0.1) is 18.3 Å². The van der Waals surface area contributed by atoms with Gasteiger partial charge in [-0.3, -0.25) is 9.78 Å². The monoisotopic (exact) mass is 435 g/mol. The second-order valence-electron chi connectivity index (χ2n) is 7.18. The van der Waals surface area contributed by atoms with Crippen LogP contribution in [0, 0.1) is 11.3 Å². The number of hydrogen-bond donors (Lipinski definition) is 1. The second kappa shape index (κ2) is 10.1. The molecular weight excluding hydrogens is 414 g/mol. The molecule has 1 aromatic heterocycles. The number of nitrogens with zero attached hydrogens (tertiary/aromatic N) is 2.